The Morgan fingerprint density at radius 3 is 2.85 bits per heavy atom. The normalized spacial score (nSPS) is 14.0. The van der Waals surface area contributed by atoms with Crippen LogP contribution in [0.25, 0.3) is 0 Å². The fourth-order valence-corrected chi connectivity index (χ4v) is 2.22. The molecule has 0 saturated carbocycles. The molecule has 0 bridgehead atoms. The van der Waals surface area contributed by atoms with Crippen LogP contribution in [-0.4, -0.2) is 34.0 Å². The third kappa shape index (κ3) is 3.71. The van der Waals surface area contributed by atoms with Crippen LogP contribution in [-0.2, 0) is 13.5 Å². The molecule has 20 heavy (non-hydrogen) atoms. The van der Waals surface area contributed by atoms with Crippen LogP contribution in [0.5, 0.6) is 5.75 Å². The molecule has 0 aliphatic rings. The second-order valence-corrected chi connectivity index (χ2v) is 5.12. The molecule has 2 rings (SSSR count). The lowest BCUT2D eigenvalue weighted by atomic mass is 10.1. The fraction of sp³-hybridized carbons (Fsp3) is 0.429. The Morgan fingerprint density at radius 1 is 1.45 bits per heavy atom. The standard InChI is InChI=1S/C14H19ClN4O/c1-10(20-12-6-4-5-11(15)7-12)13(16-2)8-14-17-9-18-19(14)3/h4-7,9-10,13,16H,8H2,1-3H3. The van der Waals surface area contributed by atoms with E-state index in [1.54, 1.807) is 11.0 Å². The van der Waals surface area contributed by atoms with Crippen molar-refractivity contribution in [2.45, 2.75) is 25.5 Å². The maximum absolute atomic E-state index is 5.96. The van der Waals surface area contributed by atoms with Gasteiger partial charge in [-0.3, -0.25) is 4.68 Å². The van der Waals surface area contributed by atoms with E-state index in [-0.39, 0.29) is 12.1 Å². The number of hydrogen-bond acceptors (Lipinski definition) is 4. The van der Waals surface area contributed by atoms with Crippen molar-refractivity contribution < 1.29 is 4.74 Å². The first-order chi connectivity index (χ1) is 9.60. The van der Waals surface area contributed by atoms with Crippen LogP contribution in [0.15, 0.2) is 30.6 Å². The summed E-state index contributed by atoms with van der Waals surface area (Å²) in [5.41, 5.74) is 0. The molecule has 1 heterocycles. The highest BCUT2D eigenvalue weighted by molar-refractivity contribution is 6.30. The maximum Gasteiger partial charge on any atom is 0.138 e. The van der Waals surface area contributed by atoms with E-state index >= 15 is 0 Å². The summed E-state index contributed by atoms with van der Waals surface area (Å²) in [6.45, 7) is 2.03. The summed E-state index contributed by atoms with van der Waals surface area (Å²) in [5, 5.41) is 8.01. The van der Waals surface area contributed by atoms with Crippen LogP contribution in [0.2, 0.25) is 5.02 Å². The van der Waals surface area contributed by atoms with E-state index in [9.17, 15) is 0 Å². The number of benzene rings is 1. The van der Waals surface area contributed by atoms with Crippen LogP contribution in [0.1, 0.15) is 12.7 Å². The molecule has 1 N–H and O–H groups in total. The Hall–Kier alpha value is -1.59. The number of ether oxygens (including phenoxy) is 1. The topological polar surface area (TPSA) is 52.0 Å². The molecule has 1 aromatic heterocycles. The zero-order chi connectivity index (χ0) is 14.5. The van der Waals surface area contributed by atoms with Gasteiger partial charge in [-0.05, 0) is 32.2 Å². The Labute approximate surface area is 123 Å². The number of rotatable bonds is 6. The molecule has 2 atom stereocenters. The summed E-state index contributed by atoms with van der Waals surface area (Å²) in [7, 11) is 3.80. The van der Waals surface area contributed by atoms with Crippen molar-refractivity contribution >= 4 is 11.6 Å². The van der Waals surface area contributed by atoms with E-state index in [1.165, 1.54) is 0 Å². The number of hydrogen-bond donors (Lipinski definition) is 1. The molecule has 0 saturated heterocycles. The number of nitrogens with zero attached hydrogens (tertiary/aromatic N) is 3. The quantitative estimate of drug-likeness (QED) is 0.886. The van der Waals surface area contributed by atoms with Crippen molar-refractivity contribution in [1.29, 1.82) is 0 Å². The maximum atomic E-state index is 5.96. The minimum Gasteiger partial charge on any atom is -0.489 e. The molecule has 0 amide bonds. The monoisotopic (exact) mass is 294 g/mol. The first-order valence-corrected chi connectivity index (χ1v) is 6.90. The van der Waals surface area contributed by atoms with Gasteiger partial charge in [0.05, 0.1) is 6.04 Å². The largest absolute Gasteiger partial charge is 0.489 e. The van der Waals surface area contributed by atoms with Crippen LogP contribution in [0.3, 0.4) is 0 Å². The molecule has 0 aliphatic carbocycles. The van der Waals surface area contributed by atoms with Gasteiger partial charge in [0.1, 0.15) is 24.0 Å². The number of aromatic nitrogens is 3. The van der Waals surface area contributed by atoms with Crippen molar-refractivity contribution in [2.24, 2.45) is 7.05 Å². The Balaban J connectivity index is 2.02. The van der Waals surface area contributed by atoms with Crippen molar-refractivity contribution in [3.05, 3.63) is 41.4 Å². The van der Waals surface area contributed by atoms with Gasteiger partial charge in [-0.15, -0.1) is 0 Å². The van der Waals surface area contributed by atoms with Crippen molar-refractivity contribution in [1.82, 2.24) is 20.1 Å². The zero-order valence-corrected chi connectivity index (χ0v) is 12.6. The van der Waals surface area contributed by atoms with Gasteiger partial charge in [0.15, 0.2) is 0 Å². The summed E-state index contributed by atoms with van der Waals surface area (Å²) >= 11 is 5.96. The lowest BCUT2D eigenvalue weighted by Crippen LogP contribution is -2.41. The molecule has 0 aliphatic heterocycles. The number of nitrogens with one attached hydrogen (secondary N) is 1. The molecule has 0 spiro atoms. The molecular weight excluding hydrogens is 276 g/mol. The van der Waals surface area contributed by atoms with Gasteiger partial charge >= 0.3 is 0 Å². The van der Waals surface area contributed by atoms with E-state index in [1.807, 2.05) is 45.3 Å². The van der Waals surface area contributed by atoms with E-state index < -0.39 is 0 Å². The molecule has 0 radical (unpaired) electrons. The second kappa shape index (κ2) is 6.72. The highest BCUT2D eigenvalue weighted by Gasteiger charge is 2.19. The molecule has 0 fully saturated rings. The first-order valence-electron chi connectivity index (χ1n) is 6.52. The Kier molecular flexibility index (Phi) is 4.98. The number of halogens is 1. The predicted octanol–water partition coefficient (Wildman–Crippen LogP) is 2.07. The third-order valence-electron chi connectivity index (χ3n) is 3.26. The molecular formula is C14H19ClN4O. The van der Waals surface area contributed by atoms with E-state index in [0.717, 1.165) is 18.0 Å². The predicted molar refractivity (Wildman–Crippen MR) is 79.1 cm³/mol. The molecule has 108 valence electrons. The van der Waals surface area contributed by atoms with Crippen molar-refractivity contribution in [3.8, 4) is 5.75 Å². The van der Waals surface area contributed by atoms with Crippen LogP contribution in [0.4, 0.5) is 0 Å². The van der Waals surface area contributed by atoms with E-state index in [0.29, 0.717) is 5.02 Å². The summed E-state index contributed by atoms with van der Waals surface area (Å²) < 4.78 is 7.71. The minimum atomic E-state index is -0.0184. The van der Waals surface area contributed by atoms with Crippen LogP contribution < -0.4 is 10.1 Å². The summed E-state index contributed by atoms with van der Waals surface area (Å²) in [5.74, 6) is 1.69. The Bertz CT molecular complexity index is 558. The molecule has 2 aromatic rings. The smallest absolute Gasteiger partial charge is 0.138 e. The van der Waals surface area contributed by atoms with Gasteiger partial charge in [-0.1, -0.05) is 17.7 Å². The minimum absolute atomic E-state index is 0.0184. The van der Waals surface area contributed by atoms with Crippen LogP contribution >= 0.6 is 11.6 Å². The zero-order valence-electron chi connectivity index (χ0n) is 11.9. The fourth-order valence-electron chi connectivity index (χ4n) is 2.04. The summed E-state index contributed by atoms with van der Waals surface area (Å²) in [4.78, 5) is 4.24. The molecule has 5 nitrogen and oxygen atoms in total. The number of likely N-dealkylation sites (N-methyl/N-ethyl adjacent to an activating group) is 1. The lowest BCUT2D eigenvalue weighted by molar-refractivity contribution is 0.172. The number of aryl methyl sites for hydroxylation is 1. The van der Waals surface area contributed by atoms with Gasteiger partial charge in [-0.2, -0.15) is 5.10 Å². The van der Waals surface area contributed by atoms with Gasteiger partial charge in [0.2, 0.25) is 0 Å². The first kappa shape index (κ1) is 14.8. The average Bonchev–Trinajstić information content (AvgIpc) is 2.81. The SMILES string of the molecule is CNC(Cc1ncnn1C)C(C)Oc1cccc(Cl)c1. The third-order valence-corrected chi connectivity index (χ3v) is 3.50. The van der Waals surface area contributed by atoms with Gasteiger partial charge in [0.25, 0.3) is 0 Å². The molecule has 2 unspecified atom stereocenters. The highest BCUT2D eigenvalue weighted by atomic mass is 35.5. The second-order valence-electron chi connectivity index (χ2n) is 4.68. The van der Waals surface area contributed by atoms with Gasteiger partial charge in [-0.25, -0.2) is 4.98 Å². The van der Waals surface area contributed by atoms with Crippen LogP contribution in [0, 0.1) is 0 Å². The van der Waals surface area contributed by atoms with Gasteiger partial charge < -0.3 is 10.1 Å². The van der Waals surface area contributed by atoms with E-state index in [4.69, 9.17) is 16.3 Å². The molecule has 1 aromatic carbocycles. The van der Waals surface area contributed by atoms with E-state index in [2.05, 4.69) is 15.4 Å². The summed E-state index contributed by atoms with van der Waals surface area (Å²) in [6.07, 6.45) is 2.29. The highest BCUT2D eigenvalue weighted by Crippen LogP contribution is 2.19. The lowest BCUT2D eigenvalue weighted by Gasteiger charge is -2.24. The van der Waals surface area contributed by atoms with Crippen molar-refractivity contribution in [2.75, 3.05) is 7.05 Å². The van der Waals surface area contributed by atoms with Crippen molar-refractivity contribution in [3.63, 3.8) is 0 Å². The van der Waals surface area contributed by atoms with Gasteiger partial charge in [0, 0.05) is 18.5 Å². The Morgan fingerprint density at radius 2 is 2.25 bits per heavy atom. The molecule has 6 heteroatoms. The summed E-state index contributed by atoms with van der Waals surface area (Å²) in [6, 6.07) is 7.55. The average molecular weight is 295 g/mol.